The van der Waals surface area contributed by atoms with Crippen LogP contribution in [0.15, 0.2) is 0 Å². The number of carbonyl (C=O) groups excluding carboxylic acids is 1. The molecule has 0 aromatic rings. The first kappa shape index (κ1) is 13.0. The summed E-state index contributed by atoms with van der Waals surface area (Å²) in [6.45, 7) is 6.92. The highest BCUT2D eigenvalue weighted by Gasteiger charge is 2.22. The molecule has 1 atom stereocenters. The monoisotopic (exact) mass is 196 g/mol. The smallest absolute Gasteiger partial charge is 0.240 e. The summed E-state index contributed by atoms with van der Waals surface area (Å²) in [4.78, 5) is 13.4. The van der Waals surface area contributed by atoms with Crippen LogP contribution in [-0.4, -0.2) is 29.9 Å². The fourth-order valence-electron chi connectivity index (χ4n) is 1.14. The van der Waals surface area contributed by atoms with E-state index in [0.717, 1.165) is 6.42 Å². The van der Waals surface area contributed by atoms with Crippen LogP contribution in [0.5, 0.6) is 0 Å². The second-order valence-corrected chi connectivity index (χ2v) is 3.73. The largest absolute Gasteiger partial charge is 0.330 e. The number of nitrogens with zero attached hydrogens (tertiary/aromatic N) is 1. The molecule has 0 radical (unpaired) electrons. The number of terminal acetylenes is 1. The lowest BCUT2D eigenvalue weighted by Gasteiger charge is -2.25. The number of amides is 1. The fourth-order valence-corrected chi connectivity index (χ4v) is 1.14. The Balaban J connectivity index is 4.36. The SMILES string of the molecule is C#CCN(CCC)C(=O)C(N)C(C)C. The molecule has 0 aromatic heterocycles. The van der Waals surface area contributed by atoms with Crippen molar-refractivity contribution in [3.05, 3.63) is 0 Å². The number of hydrogen-bond donors (Lipinski definition) is 1. The molecule has 0 fully saturated rings. The predicted octanol–water partition coefficient (Wildman–Crippen LogP) is 0.841. The lowest BCUT2D eigenvalue weighted by molar-refractivity contribution is -0.132. The van der Waals surface area contributed by atoms with E-state index < -0.39 is 6.04 Å². The Kier molecular flexibility index (Phi) is 5.98. The average molecular weight is 196 g/mol. The van der Waals surface area contributed by atoms with Gasteiger partial charge in [0.05, 0.1) is 12.6 Å². The zero-order valence-corrected chi connectivity index (χ0v) is 9.29. The molecule has 80 valence electrons. The van der Waals surface area contributed by atoms with Gasteiger partial charge < -0.3 is 10.6 Å². The van der Waals surface area contributed by atoms with Gasteiger partial charge in [0.1, 0.15) is 0 Å². The normalized spacial score (nSPS) is 12.3. The lowest BCUT2D eigenvalue weighted by Crippen LogP contribution is -2.46. The minimum Gasteiger partial charge on any atom is -0.330 e. The van der Waals surface area contributed by atoms with Crippen molar-refractivity contribution in [2.24, 2.45) is 11.7 Å². The Hall–Kier alpha value is -1.01. The van der Waals surface area contributed by atoms with Crippen molar-refractivity contribution in [2.75, 3.05) is 13.1 Å². The zero-order valence-electron chi connectivity index (χ0n) is 9.29. The Morgan fingerprint density at radius 3 is 2.50 bits per heavy atom. The van der Waals surface area contributed by atoms with Crippen LogP contribution in [0.1, 0.15) is 27.2 Å². The fraction of sp³-hybridized carbons (Fsp3) is 0.727. The summed E-state index contributed by atoms with van der Waals surface area (Å²) in [5.41, 5.74) is 5.76. The molecule has 0 aliphatic rings. The Morgan fingerprint density at radius 1 is 1.57 bits per heavy atom. The maximum Gasteiger partial charge on any atom is 0.240 e. The number of rotatable bonds is 5. The number of nitrogens with two attached hydrogens (primary N) is 1. The second kappa shape index (κ2) is 6.44. The molecule has 0 aliphatic heterocycles. The van der Waals surface area contributed by atoms with E-state index >= 15 is 0 Å². The van der Waals surface area contributed by atoms with E-state index in [1.54, 1.807) is 4.90 Å². The topological polar surface area (TPSA) is 46.3 Å². The van der Waals surface area contributed by atoms with Crippen molar-refractivity contribution in [3.63, 3.8) is 0 Å². The van der Waals surface area contributed by atoms with Crippen LogP contribution in [-0.2, 0) is 4.79 Å². The molecule has 3 nitrogen and oxygen atoms in total. The first-order valence-corrected chi connectivity index (χ1v) is 5.02. The first-order chi connectivity index (χ1) is 6.54. The summed E-state index contributed by atoms with van der Waals surface area (Å²) in [5.74, 6) is 2.59. The highest BCUT2D eigenvalue weighted by atomic mass is 16.2. The third kappa shape index (κ3) is 3.80. The van der Waals surface area contributed by atoms with Gasteiger partial charge in [0.2, 0.25) is 5.91 Å². The molecule has 0 heterocycles. The summed E-state index contributed by atoms with van der Waals surface area (Å²) in [6.07, 6.45) is 6.09. The average Bonchev–Trinajstić information content (AvgIpc) is 2.15. The van der Waals surface area contributed by atoms with Gasteiger partial charge in [0, 0.05) is 6.54 Å². The summed E-state index contributed by atoms with van der Waals surface area (Å²) < 4.78 is 0. The minimum absolute atomic E-state index is 0.0419. The van der Waals surface area contributed by atoms with Crippen LogP contribution < -0.4 is 5.73 Å². The van der Waals surface area contributed by atoms with E-state index in [2.05, 4.69) is 5.92 Å². The maximum atomic E-state index is 11.8. The highest BCUT2D eigenvalue weighted by molar-refractivity contribution is 5.82. The second-order valence-electron chi connectivity index (χ2n) is 3.73. The van der Waals surface area contributed by atoms with E-state index in [1.165, 1.54) is 0 Å². The quantitative estimate of drug-likeness (QED) is 0.662. The molecule has 0 spiro atoms. The van der Waals surface area contributed by atoms with E-state index in [4.69, 9.17) is 12.2 Å². The summed E-state index contributed by atoms with van der Waals surface area (Å²) in [7, 11) is 0. The van der Waals surface area contributed by atoms with Crippen molar-refractivity contribution in [2.45, 2.75) is 33.2 Å². The van der Waals surface area contributed by atoms with Crippen LogP contribution in [0, 0.1) is 18.3 Å². The molecular weight excluding hydrogens is 176 g/mol. The highest BCUT2D eigenvalue weighted by Crippen LogP contribution is 2.03. The van der Waals surface area contributed by atoms with Gasteiger partial charge in [-0.1, -0.05) is 26.7 Å². The molecule has 3 heteroatoms. The molecule has 0 bridgehead atoms. The van der Waals surface area contributed by atoms with Gasteiger partial charge in [-0.2, -0.15) is 0 Å². The van der Waals surface area contributed by atoms with Crippen molar-refractivity contribution >= 4 is 5.91 Å². The molecule has 0 aliphatic carbocycles. The molecule has 0 saturated carbocycles. The van der Waals surface area contributed by atoms with Gasteiger partial charge in [0.25, 0.3) is 0 Å². The number of hydrogen-bond acceptors (Lipinski definition) is 2. The molecule has 14 heavy (non-hydrogen) atoms. The summed E-state index contributed by atoms with van der Waals surface area (Å²) in [5, 5.41) is 0. The lowest BCUT2D eigenvalue weighted by atomic mass is 10.0. The molecule has 2 N–H and O–H groups in total. The van der Waals surface area contributed by atoms with Crippen LogP contribution in [0.25, 0.3) is 0 Å². The van der Waals surface area contributed by atoms with Gasteiger partial charge >= 0.3 is 0 Å². The van der Waals surface area contributed by atoms with E-state index in [9.17, 15) is 4.79 Å². The van der Waals surface area contributed by atoms with E-state index in [0.29, 0.717) is 13.1 Å². The summed E-state index contributed by atoms with van der Waals surface area (Å²) in [6, 6.07) is -0.435. The van der Waals surface area contributed by atoms with Gasteiger partial charge in [-0.25, -0.2) is 0 Å². The van der Waals surface area contributed by atoms with Gasteiger partial charge in [-0.15, -0.1) is 6.42 Å². The van der Waals surface area contributed by atoms with Crippen LogP contribution in [0.2, 0.25) is 0 Å². The van der Waals surface area contributed by atoms with Crippen LogP contribution >= 0.6 is 0 Å². The van der Waals surface area contributed by atoms with Crippen molar-refractivity contribution in [1.29, 1.82) is 0 Å². The predicted molar refractivity (Wildman–Crippen MR) is 58.5 cm³/mol. The Morgan fingerprint density at radius 2 is 2.14 bits per heavy atom. The molecule has 0 saturated heterocycles. The zero-order chi connectivity index (χ0) is 11.1. The third-order valence-corrected chi connectivity index (χ3v) is 2.09. The first-order valence-electron chi connectivity index (χ1n) is 5.02. The van der Waals surface area contributed by atoms with Crippen molar-refractivity contribution < 1.29 is 4.79 Å². The molecule has 1 amide bonds. The molecule has 0 aromatic carbocycles. The minimum atomic E-state index is -0.435. The van der Waals surface area contributed by atoms with Gasteiger partial charge in [-0.05, 0) is 12.3 Å². The molecule has 0 rings (SSSR count). The Bertz CT molecular complexity index is 218. The molecular formula is C11H20N2O. The van der Waals surface area contributed by atoms with E-state index in [1.807, 2.05) is 20.8 Å². The standard InChI is InChI=1S/C11H20N2O/c1-5-7-13(8-6-2)11(14)10(12)9(3)4/h1,9-10H,6-8,12H2,2-4H3. The van der Waals surface area contributed by atoms with E-state index in [-0.39, 0.29) is 11.8 Å². The van der Waals surface area contributed by atoms with Gasteiger partial charge in [-0.3, -0.25) is 4.79 Å². The third-order valence-electron chi connectivity index (χ3n) is 2.09. The van der Waals surface area contributed by atoms with Crippen molar-refractivity contribution in [3.8, 4) is 12.3 Å². The van der Waals surface area contributed by atoms with Gasteiger partial charge in [0.15, 0.2) is 0 Å². The van der Waals surface area contributed by atoms with Crippen LogP contribution in [0.3, 0.4) is 0 Å². The van der Waals surface area contributed by atoms with Crippen molar-refractivity contribution in [1.82, 2.24) is 4.90 Å². The number of carbonyl (C=O) groups is 1. The van der Waals surface area contributed by atoms with Crippen LogP contribution in [0.4, 0.5) is 0 Å². The molecule has 1 unspecified atom stereocenters. The summed E-state index contributed by atoms with van der Waals surface area (Å²) >= 11 is 0. The maximum absolute atomic E-state index is 11.8. The Labute approximate surface area is 86.6 Å².